The second-order valence-corrected chi connectivity index (χ2v) is 7.61. The number of ether oxygens (including phenoxy) is 2. The molecule has 0 bridgehead atoms. The molecular weight excluding hydrogens is 470 g/mol. The van der Waals surface area contributed by atoms with Crippen molar-refractivity contribution in [1.82, 2.24) is 10.2 Å². The van der Waals surface area contributed by atoms with Gasteiger partial charge >= 0.3 is 0 Å². The van der Waals surface area contributed by atoms with E-state index in [0.717, 1.165) is 5.56 Å². The molecule has 0 spiro atoms. The molecule has 2 aromatic rings. The molecule has 2 rings (SSSR count). The molecule has 0 aliphatic heterocycles. The number of thiocarbonyl (C=S) groups is 1. The third-order valence-electron chi connectivity index (χ3n) is 4.09. The zero-order valence-corrected chi connectivity index (χ0v) is 19.0. The Kier molecular flexibility index (Phi) is 9.72. The van der Waals surface area contributed by atoms with Crippen LogP contribution in [0.25, 0.3) is 0 Å². The predicted molar refractivity (Wildman–Crippen MR) is 122 cm³/mol. The number of carbonyl (C=O) groups is 2. The molecule has 0 aromatic heterocycles. The van der Waals surface area contributed by atoms with Crippen LogP contribution in [0.4, 0.5) is 0 Å². The topological polar surface area (TPSA) is 93.9 Å². The minimum Gasteiger partial charge on any atom is -0.490 e. The van der Waals surface area contributed by atoms with Crippen LogP contribution in [0.5, 0.6) is 5.75 Å². The highest BCUT2D eigenvalue weighted by molar-refractivity contribution is 9.10. The molecule has 2 aromatic carbocycles. The first kappa shape index (κ1) is 23.8. The summed E-state index contributed by atoms with van der Waals surface area (Å²) in [5.74, 6) is -0.185. The summed E-state index contributed by atoms with van der Waals surface area (Å²) in [7, 11) is 1.60. The van der Waals surface area contributed by atoms with E-state index in [2.05, 4.69) is 21.2 Å². The standard InChI is InChI=1S/C21H24BrN3O4S/c1-28-11-12-29-18-8-7-16(13-17(18)22)20(27)24-21(30)25(10-9-19(23)26)14-15-5-3-2-4-6-15/h2-8,13H,9-12,14H2,1H3,(H2,23,26)(H,24,27,30). The molecule has 0 aliphatic rings. The quantitative estimate of drug-likeness (QED) is 0.390. The van der Waals surface area contributed by atoms with Crippen LogP contribution in [0.2, 0.25) is 0 Å². The molecule has 0 heterocycles. The smallest absolute Gasteiger partial charge is 0.257 e. The van der Waals surface area contributed by atoms with Crippen LogP contribution < -0.4 is 15.8 Å². The van der Waals surface area contributed by atoms with E-state index in [0.29, 0.717) is 42.1 Å². The van der Waals surface area contributed by atoms with Crippen molar-refractivity contribution in [2.75, 3.05) is 26.9 Å². The van der Waals surface area contributed by atoms with Gasteiger partial charge in [0.25, 0.3) is 5.91 Å². The van der Waals surface area contributed by atoms with E-state index >= 15 is 0 Å². The Hall–Kier alpha value is -2.49. The van der Waals surface area contributed by atoms with Crippen LogP contribution in [0.3, 0.4) is 0 Å². The van der Waals surface area contributed by atoms with E-state index < -0.39 is 5.91 Å². The Balaban J connectivity index is 2.05. The van der Waals surface area contributed by atoms with Gasteiger partial charge in [-0.2, -0.15) is 0 Å². The van der Waals surface area contributed by atoms with Crippen LogP contribution in [0.1, 0.15) is 22.3 Å². The van der Waals surface area contributed by atoms with E-state index in [4.69, 9.17) is 27.4 Å². The summed E-state index contributed by atoms with van der Waals surface area (Å²) in [5, 5.41) is 2.95. The summed E-state index contributed by atoms with van der Waals surface area (Å²) < 4.78 is 11.2. The number of hydrogen-bond donors (Lipinski definition) is 2. The zero-order valence-electron chi connectivity index (χ0n) is 16.6. The number of hydrogen-bond acceptors (Lipinski definition) is 5. The van der Waals surface area contributed by atoms with E-state index in [1.165, 1.54) is 0 Å². The van der Waals surface area contributed by atoms with Gasteiger partial charge in [-0.25, -0.2) is 0 Å². The number of amides is 2. The maximum Gasteiger partial charge on any atom is 0.257 e. The largest absolute Gasteiger partial charge is 0.490 e. The first-order valence-electron chi connectivity index (χ1n) is 9.24. The van der Waals surface area contributed by atoms with Crippen molar-refractivity contribution in [3.8, 4) is 5.75 Å². The first-order chi connectivity index (χ1) is 14.4. The number of carbonyl (C=O) groups excluding carboxylic acids is 2. The summed E-state index contributed by atoms with van der Waals surface area (Å²) in [5.41, 5.74) is 6.69. The fourth-order valence-corrected chi connectivity index (χ4v) is 3.29. The average Bonchev–Trinajstić information content (AvgIpc) is 2.72. The Morgan fingerprint density at radius 3 is 2.53 bits per heavy atom. The summed E-state index contributed by atoms with van der Waals surface area (Å²) in [6.45, 7) is 1.62. The first-order valence-corrected chi connectivity index (χ1v) is 10.4. The highest BCUT2D eigenvalue weighted by Crippen LogP contribution is 2.26. The SMILES string of the molecule is COCCOc1ccc(C(=O)NC(=S)N(CCC(N)=O)Cc2ccccc2)cc1Br. The summed E-state index contributed by atoms with van der Waals surface area (Å²) in [4.78, 5) is 25.6. The van der Waals surface area contributed by atoms with Gasteiger partial charge in [0.1, 0.15) is 12.4 Å². The molecule has 0 saturated carbocycles. The fourth-order valence-electron chi connectivity index (χ4n) is 2.54. The van der Waals surface area contributed by atoms with Gasteiger partial charge < -0.3 is 20.1 Å². The molecule has 0 atom stereocenters. The van der Waals surface area contributed by atoms with Crippen molar-refractivity contribution in [2.45, 2.75) is 13.0 Å². The van der Waals surface area contributed by atoms with E-state index in [9.17, 15) is 9.59 Å². The molecule has 0 saturated heterocycles. The van der Waals surface area contributed by atoms with Gasteiger partial charge in [-0.1, -0.05) is 30.3 Å². The maximum atomic E-state index is 12.7. The molecule has 0 radical (unpaired) electrons. The lowest BCUT2D eigenvalue weighted by Crippen LogP contribution is -2.43. The normalized spacial score (nSPS) is 10.3. The highest BCUT2D eigenvalue weighted by Gasteiger charge is 2.16. The van der Waals surface area contributed by atoms with Crippen molar-refractivity contribution in [3.05, 3.63) is 64.1 Å². The lowest BCUT2D eigenvalue weighted by molar-refractivity contribution is -0.118. The zero-order chi connectivity index (χ0) is 21.9. The van der Waals surface area contributed by atoms with Crippen molar-refractivity contribution in [3.63, 3.8) is 0 Å². The van der Waals surface area contributed by atoms with Gasteiger partial charge in [0.15, 0.2) is 5.11 Å². The Labute approximate surface area is 189 Å². The Morgan fingerprint density at radius 2 is 1.90 bits per heavy atom. The van der Waals surface area contributed by atoms with Crippen molar-refractivity contribution in [2.24, 2.45) is 5.73 Å². The lowest BCUT2D eigenvalue weighted by atomic mass is 10.2. The van der Waals surface area contributed by atoms with Crippen molar-refractivity contribution in [1.29, 1.82) is 0 Å². The number of benzene rings is 2. The molecule has 3 N–H and O–H groups in total. The minimum atomic E-state index is -0.435. The summed E-state index contributed by atoms with van der Waals surface area (Å²) in [6.07, 6.45) is 0.127. The third kappa shape index (κ3) is 7.74. The van der Waals surface area contributed by atoms with Crippen LogP contribution in [0, 0.1) is 0 Å². The second kappa shape index (κ2) is 12.3. The number of halogens is 1. The van der Waals surface area contributed by atoms with E-state index in [1.807, 2.05) is 30.3 Å². The molecule has 7 nitrogen and oxygen atoms in total. The van der Waals surface area contributed by atoms with Gasteiger partial charge in [-0.15, -0.1) is 0 Å². The minimum absolute atomic E-state index is 0.127. The number of methoxy groups -OCH3 is 1. The molecule has 0 fully saturated rings. The molecule has 0 aliphatic carbocycles. The number of primary amides is 1. The Morgan fingerprint density at radius 1 is 1.17 bits per heavy atom. The molecular formula is C21H24BrN3O4S. The van der Waals surface area contributed by atoms with Gasteiger partial charge in [-0.05, 0) is 51.9 Å². The number of rotatable bonds is 10. The van der Waals surface area contributed by atoms with Gasteiger partial charge in [-0.3, -0.25) is 14.9 Å². The third-order valence-corrected chi connectivity index (χ3v) is 5.07. The Bertz CT molecular complexity index is 880. The van der Waals surface area contributed by atoms with E-state index in [1.54, 1.807) is 30.2 Å². The second-order valence-electron chi connectivity index (χ2n) is 6.37. The van der Waals surface area contributed by atoms with Crippen LogP contribution >= 0.6 is 28.1 Å². The average molecular weight is 494 g/mol. The predicted octanol–water partition coefficient (Wildman–Crippen LogP) is 2.87. The van der Waals surface area contributed by atoms with Crippen molar-refractivity contribution < 1.29 is 19.1 Å². The van der Waals surface area contributed by atoms with Gasteiger partial charge in [0.2, 0.25) is 5.91 Å². The van der Waals surface area contributed by atoms with Gasteiger partial charge in [0, 0.05) is 32.2 Å². The summed E-state index contributed by atoms with van der Waals surface area (Å²) in [6, 6.07) is 14.6. The van der Waals surface area contributed by atoms with Crippen LogP contribution in [0.15, 0.2) is 53.0 Å². The van der Waals surface area contributed by atoms with Crippen molar-refractivity contribution >= 4 is 45.1 Å². The molecule has 0 unspecified atom stereocenters. The van der Waals surface area contributed by atoms with Gasteiger partial charge in [0.05, 0.1) is 11.1 Å². The number of nitrogens with one attached hydrogen (secondary N) is 1. The number of nitrogens with zero attached hydrogens (tertiary/aromatic N) is 1. The highest BCUT2D eigenvalue weighted by atomic mass is 79.9. The molecule has 30 heavy (non-hydrogen) atoms. The maximum absolute atomic E-state index is 12.7. The molecule has 160 valence electrons. The molecule has 2 amide bonds. The van der Waals surface area contributed by atoms with Crippen LogP contribution in [-0.4, -0.2) is 48.7 Å². The van der Waals surface area contributed by atoms with E-state index in [-0.39, 0.29) is 17.4 Å². The fraction of sp³-hybridized carbons (Fsp3) is 0.286. The summed E-state index contributed by atoms with van der Waals surface area (Å²) >= 11 is 8.83. The number of nitrogens with two attached hydrogens (primary N) is 1. The molecule has 9 heteroatoms. The monoisotopic (exact) mass is 493 g/mol. The van der Waals surface area contributed by atoms with Crippen LogP contribution in [-0.2, 0) is 16.1 Å². The lowest BCUT2D eigenvalue weighted by Gasteiger charge is -2.25.